The molecule has 0 radical (unpaired) electrons. The van der Waals surface area contributed by atoms with E-state index < -0.39 is 4.92 Å². The first-order chi connectivity index (χ1) is 9.16. The van der Waals surface area contributed by atoms with Crippen LogP contribution in [-0.2, 0) is 11.2 Å². The lowest BCUT2D eigenvalue weighted by Crippen LogP contribution is -2.15. The molecule has 0 bridgehead atoms. The van der Waals surface area contributed by atoms with E-state index in [1.807, 2.05) is 30.3 Å². The highest BCUT2D eigenvalue weighted by atomic mass is 16.6. The van der Waals surface area contributed by atoms with Gasteiger partial charge in [-0.2, -0.15) is 0 Å². The molecule has 0 spiro atoms. The van der Waals surface area contributed by atoms with Crippen molar-refractivity contribution in [3.05, 3.63) is 70.3 Å². The molecule has 0 fully saturated rings. The van der Waals surface area contributed by atoms with Gasteiger partial charge in [0.2, 0.25) is 5.91 Å². The number of nitro groups is 1. The van der Waals surface area contributed by atoms with Crippen molar-refractivity contribution in [1.29, 1.82) is 0 Å². The predicted octanol–water partition coefficient (Wildman–Crippen LogP) is 2.78. The molecular weight excluding hydrogens is 244 g/mol. The molecule has 2 rings (SSSR count). The van der Waals surface area contributed by atoms with Crippen LogP contribution in [0.25, 0.3) is 0 Å². The van der Waals surface area contributed by atoms with Gasteiger partial charge in [0.05, 0.1) is 11.3 Å². The fourth-order valence-electron chi connectivity index (χ4n) is 1.71. The van der Waals surface area contributed by atoms with Crippen molar-refractivity contribution in [3.63, 3.8) is 0 Å². The van der Waals surface area contributed by atoms with Crippen molar-refractivity contribution >= 4 is 17.3 Å². The Bertz CT molecular complexity index is 597. The summed E-state index contributed by atoms with van der Waals surface area (Å²) in [6.45, 7) is 0. The maximum Gasteiger partial charge on any atom is 0.292 e. The van der Waals surface area contributed by atoms with E-state index in [4.69, 9.17) is 0 Å². The van der Waals surface area contributed by atoms with Gasteiger partial charge in [0.25, 0.3) is 5.69 Å². The Labute approximate surface area is 110 Å². The lowest BCUT2D eigenvalue weighted by atomic mass is 10.1. The minimum atomic E-state index is -0.516. The number of carbonyl (C=O) groups is 1. The topological polar surface area (TPSA) is 72.2 Å². The average molecular weight is 256 g/mol. The van der Waals surface area contributed by atoms with Crippen molar-refractivity contribution in [2.24, 2.45) is 0 Å². The van der Waals surface area contributed by atoms with Gasteiger partial charge in [-0.15, -0.1) is 0 Å². The lowest BCUT2D eigenvalue weighted by Gasteiger charge is -2.05. The lowest BCUT2D eigenvalue weighted by molar-refractivity contribution is -0.383. The summed E-state index contributed by atoms with van der Waals surface area (Å²) in [5.74, 6) is -0.277. The Morgan fingerprint density at radius 2 is 1.68 bits per heavy atom. The number of nitrogens with zero attached hydrogens (tertiary/aromatic N) is 1. The average Bonchev–Trinajstić information content (AvgIpc) is 2.40. The van der Waals surface area contributed by atoms with Gasteiger partial charge >= 0.3 is 0 Å². The van der Waals surface area contributed by atoms with Gasteiger partial charge in [0, 0.05) is 6.07 Å². The molecule has 19 heavy (non-hydrogen) atoms. The zero-order chi connectivity index (χ0) is 13.7. The summed E-state index contributed by atoms with van der Waals surface area (Å²) in [6.07, 6.45) is 0.187. The van der Waals surface area contributed by atoms with E-state index >= 15 is 0 Å². The molecule has 0 saturated carbocycles. The SMILES string of the molecule is O=C(Cc1ccccc1)Nc1ccccc1[N+](=O)[O-]. The van der Waals surface area contributed by atoms with Crippen LogP contribution < -0.4 is 5.32 Å². The largest absolute Gasteiger partial charge is 0.320 e. The smallest absolute Gasteiger partial charge is 0.292 e. The number of amides is 1. The second-order valence-corrected chi connectivity index (χ2v) is 3.98. The zero-order valence-corrected chi connectivity index (χ0v) is 10.1. The fourth-order valence-corrected chi connectivity index (χ4v) is 1.71. The molecule has 0 atom stereocenters. The highest BCUT2D eigenvalue weighted by Crippen LogP contribution is 2.23. The van der Waals surface area contributed by atoms with Crippen molar-refractivity contribution < 1.29 is 9.72 Å². The van der Waals surface area contributed by atoms with Crippen molar-refractivity contribution in [3.8, 4) is 0 Å². The van der Waals surface area contributed by atoms with Crippen LogP contribution >= 0.6 is 0 Å². The first-order valence-corrected chi connectivity index (χ1v) is 5.74. The zero-order valence-electron chi connectivity index (χ0n) is 10.1. The van der Waals surface area contributed by atoms with Crippen LogP contribution in [0, 0.1) is 10.1 Å². The monoisotopic (exact) mass is 256 g/mol. The third-order valence-electron chi connectivity index (χ3n) is 2.58. The van der Waals surface area contributed by atoms with Gasteiger partial charge in [-0.3, -0.25) is 14.9 Å². The molecule has 0 aliphatic carbocycles. The molecule has 0 unspecified atom stereocenters. The quantitative estimate of drug-likeness (QED) is 0.675. The summed E-state index contributed by atoms with van der Waals surface area (Å²) in [6, 6.07) is 15.3. The van der Waals surface area contributed by atoms with Gasteiger partial charge in [-0.25, -0.2) is 0 Å². The van der Waals surface area contributed by atoms with Gasteiger partial charge < -0.3 is 5.32 Å². The molecule has 0 aromatic heterocycles. The standard InChI is InChI=1S/C14H12N2O3/c17-14(10-11-6-2-1-3-7-11)15-12-8-4-5-9-13(12)16(18)19/h1-9H,10H2,(H,15,17). The Morgan fingerprint density at radius 3 is 2.37 bits per heavy atom. The van der Waals surface area contributed by atoms with Gasteiger partial charge in [-0.1, -0.05) is 42.5 Å². The van der Waals surface area contributed by atoms with E-state index in [1.54, 1.807) is 12.1 Å². The van der Waals surface area contributed by atoms with E-state index in [-0.39, 0.29) is 23.7 Å². The summed E-state index contributed by atoms with van der Waals surface area (Å²) < 4.78 is 0. The summed E-state index contributed by atoms with van der Waals surface area (Å²) in [4.78, 5) is 22.1. The predicted molar refractivity (Wildman–Crippen MR) is 71.9 cm³/mol. The van der Waals surface area contributed by atoms with Gasteiger partial charge in [0.15, 0.2) is 0 Å². The normalized spacial score (nSPS) is 9.89. The van der Waals surface area contributed by atoms with Crippen LogP contribution in [0.15, 0.2) is 54.6 Å². The van der Waals surface area contributed by atoms with E-state index in [2.05, 4.69) is 5.32 Å². The first kappa shape index (κ1) is 12.8. The van der Waals surface area contributed by atoms with E-state index in [0.717, 1.165) is 5.56 Å². The molecule has 0 heterocycles. The van der Waals surface area contributed by atoms with Crippen molar-refractivity contribution in [1.82, 2.24) is 0 Å². The molecule has 0 aliphatic rings. The summed E-state index contributed by atoms with van der Waals surface area (Å²) in [7, 11) is 0. The number of para-hydroxylation sites is 2. The third kappa shape index (κ3) is 3.38. The molecule has 1 N–H and O–H groups in total. The minimum absolute atomic E-state index is 0.107. The molecule has 1 amide bonds. The molecule has 2 aromatic carbocycles. The number of carbonyl (C=O) groups excluding carboxylic acids is 1. The number of benzene rings is 2. The van der Waals surface area contributed by atoms with Crippen LogP contribution in [0.1, 0.15) is 5.56 Å². The maximum absolute atomic E-state index is 11.8. The van der Waals surface area contributed by atoms with Crippen LogP contribution in [0.2, 0.25) is 0 Å². The van der Waals surface area contributed by atoms with Crippen molar-refractivity contribution in [2.75, 3.05) is 5.32 Å². The number of hydrogen-bond acceptors (Lipinski definition) is 3. The van der Waals surface area contributed by atoms with Crippen molar-refractivity contribution in [2.45, 2.75) is 6.42 Å². The highest BCUT2D eigenvalue weighted by Gasteiger charge is 2.14. The van der Waals surface area contributed by atoms with E-state index in [9.17, 15) is 14.9 Å². The van der Waals surface area contributed by atoms with Gasteiger partial charge in [-0.05, 0) is 11.6 Å². The Hall–Kier alpha value is -2.69. The summed E-state index contributed by atoms with van der Waals surface area (Å²) in [5.41, 5.74) is 0.968. The number of nitro benzene ring substituents is 1. The fraction of sp³-hybridized carbons (Fsp3) is 0.0714. The maximum atomic E-state index is 11.8. The van der Waals surface area contributed by atoms with Crippen LogP contribution in [-0.4, -0.2) is 10.8 Å². The van der Waals surface area contributed by atoms with E-state index in [0.29, 0.717) is 0 Å². The Kier molecular flexibility index (Phi) is 3.87. The summed E-state index contributed by atoms with van der Waals surface area (Å²) >= 11 is 0. The molecule has 2 aromatic rings. The second kappa shape index (κ2) is 5.77. The number of rotatable bonds is 4. The molecule has 5 heteroatoms. The van der Waals surface area contributed by atoms with Gasteiger partial charge in [0.1, 0.15) is 5.69 Å². The molecule has 96 valence electrons. The third-order valence-corrected chi connectivity index (χ3v) is 2.58. The number of nitrogens with one attached hydrogen (secondary N) is 1. The Balaban J connectivity index is 2.09. The van der Waals surface area contributed by atoms with Crippen LogP contribution in [0.4, 0.5) is 11.4 Å². The van der Waals surface area contributed by atoms with Crippen LogP contribution in [0.3, 0.4) is 0 Å². The second-order valence-electron chi connectivity index (χ2n) is 3.98. The number of anilines is 1. The minimum Gasteiger partial charge on any atom is -0.320 e. The van der Waals surface area contributed by atoms with Crippen LogP contribution in [0.5, 0.6) is 0 Å². The highest BCUT2D eigenvalue weighted by molar-refractivity contribution is 5.94. The number of hydrogen-bond donors (Lipinski definition) is 1. The molecule has 0 saturated heterocycles. The Morgan fingerprint density at radius 1 is 1.05 bits per heavy atom. The van der Waals surface area contributed by atoms with E-state index in [1.165, 1.54) is 12.1 Å². The molecule has 0 aliphatic heterocycles. The first-order valence-electron chi connectivity index (χ1n) is 5.74. The molecular formula is C14H12N2O3. The molecule has 5 nitrogen and oxygen atoms in total. The summed E-state index contributed by atoms with van der Waals surface area (Å²) in [5, 5.41) is 13.4.